The van der Waals surface area contributed by atoms with Crippen LogP contribution in [0.25, 0.3) is 0 Å². The van der Waals surface area contributed by atoms with E-state index in [0.717, 1.165) is 12.8 Å². The Morgan fingerprint density at radius 1 is 1.31 bits per heavy atom. The molecule has 4 heteroatoms. The van der Waals surface area contributed by atoms with Crippen molar-refractivity contribution in [1.82, 2.24) is 0 Å². The molecule has 1 unspecified atom stereocenters. The van der Waals surface area contributed by atoms with Crippen molar-refractivity contribution in [3.63, 3.8) is 0 Å². The summed E-state index contributed by atoms with van der Waals surface area (Å²) in [5.74, 6) is 0.172. The molecule has 88 valence electrons. The Kier molecular flexibility index (Phi) is 2.80. The third kappa shape index (κ3) is 2.28. The fourth-order valence-corrected chi connectivity index (χ4v) is 3.61. The topological polar surface area (TPSA) is 60.2 Å². The summed E-state index contributed by atoms with van der Waals surface area (Å²) >= 11 is 0. The second-order valence-electron chi connectivity index (χ2n) is 4.73. The fourth-order valence-electron chi connectivity index (χ4n) is 1.86. The molecular formula is C12H17NO2S. The first-order chi connectivity index (χ1) is 7.44. The first-order valence-electron chi connectivity index (χ1n) is 5.51. The fraction of sp³-hybridized carbons (Fsp3) is 0.500. The summed E-state index contributed by atoms with van der Waals surface area (Å²) in [4.78, 5) is 0.395. The molecule has 1 aliphatic rings. The Hall–Kier alpha value is -0.870. The van der Waals surface area contributed by atoms with Crippen LogP contribution in [0.2, 0.25) is 0 Å². The number of sulfone groups is 1. The van der Waals surface area contributed by atoms with Gasteiger partial charge < -0.3 is 5.73 Å². The predicted molar refractivity (Wildman–Crippen MR) is 63.8 cm³/mol. The summed E-state index contributed by atoms with van der Waals surface area (Å²) in [6.07, 6.45) is 1.89. The number of nitrogens with two attached hydrogens (primary N) is 1. The van der Waals surface area contributed by atoms with Crippen molar-refractivity contribution in [2.45, 2.75) is 30.2 Å². The highest BCUT2D eigenvalue weighted by Gasteiger charge is 2.44. The average molecular weight is 239 g/mol. The van der Waals surface area contributed by atoms with E-state index >= 15 is 0 Å². The number of benzene rings is 1. The Labute approximate surface area is 96.6 Å². The molecule has 0 aliphatic heterocycles. The minimum Gasteiger partial charge on any atom is -0.325 e. The lowest BCUT2D eigenvalue weighted by Crippen LogP contribution is -2.35. The zero-order valence-corrected chi connectivity index (χ0v) is 10.2. The normalized spacial score (nSPS) is 20.4. The van der Waals surface area contributed by atoms with Gasteiger partial charge in [0.1, 0.15) is 0 Å². The third-order valence-corrected chi connectivity index (χ3v) is 5.31. The van der Waals surface area contributed by atoms with Crippen molar-refractivity contribution >= 4 is 9.84 Å². The van der Waals surface area contributed by atoms with E-state index in [2.05, 4.69) is 0 Å². The van der Waals surface area contributed by atoms with Gasteiger partial charge in [0.15, 0.2) is 9.84 Å². The Morgan fingerprint density at radius 2 is 1.88 bits per heavy atom. The van der Waals surface area contributed by atoms with E-state index in [1.165, 1.54) is 0 Å². The molecule has 0 amide bonds. The van der Waals surface area contributed by atoms with Gasteiger partial charge in [-0.15, -0.1) is 0 Å². The molecule has 0 radical (unpaired) electrons. The van der Waals surface area contributed by atoms with Gasteiger partial charge in [-0.1, -0.05) is 25.1 Å². The van der Waals surface area contributed by atoms with Crippen molar-refractivity contribution in [3.05, 3.63) is 30.3 Å². The predicted octanol–water partition coefficient (Wildman–Crippen LogP) is 1.59. The highest BCUT2D eigenvalue weighted by molar-refractivity contribution is 7.91. The number of hydrogen-bond donors (Lipinski definition) is 1. The van der Waals surface area contributed by atoms with Gasteiger partial charge in [0, 0.05) is 5.54 Å². The molecule has 1 saturated carbocycles. The van der Waals surface area contributed by atoms with E-state index in [4.69, 9.17) is 5.73 Å². The van der Waals surface area contributed by atoms with Crippen molar-refractivity contribution in [3.8, 4) is 0 Å². The van der Waals surface area contributed by atoms with Crippen molar-refractivity contribution < 1.29 is 8.42 Å². The van der Waals surface area contributed by atoms with Crippen molar-refractivity contribution in [2.75, 3.05) is 5.75 Å². The first kappa shape index (κ1) is 11.6. The smallest absolute Gasteiger partial charge is 0.178 e. The van der Waals surface area contributed by atoms with Gasteiger partial charge in [0.25, 0.3) is 0 Å². The molecule has 2 rings (SSSR count). The zero-order chi connectivity index (χ0) is 11.8. The molecule has 0 saturated heterocycles. The maximum atomic E-state index is 12.1. The van der Waals surface area contributed by atoms with Gasteiger partial charge in [-0.05, 0) is 30.9 Å². The van der Waals surface area contributed by atoms with E-state index in [1.807, 2.05) is 13.0 Å². The summed E-state index contributed by atoms with van der Waals surface area (Å²) in [6, 6.07) is 8.57. The minimum absolute atomic E-state index is 0.0257. The maximum absolute atomic E-state index is 12.1. The molecule has 1 aromatic rings. The van der Waals surface area contributed by atoms with Gasteiger partial charge in [0.2, 0.25) is 0 Å². The third-order valence-electron chi connectivity index (χ3n) is 3.38. The standard InChI is InChI=1S/C12H17NO2S/c1-10(12(13)7-8-12)9-16(14,15)11-5-3-2-4-6-11/h2-6,10H,7-9,13H2,1H3. The van der Waals surface area contributed by atoms with Crippen LogP contribution in [0.5, 0.6) is 0 Å². The number of hydrogen-bond acceptors (Lipinski definition) is 3. The summed E-state index contributed by atoms with van der Waals surface area (Å²) in [6.45, 7) is 1.92. The molecule has 0 spiro atoms. The largest absolute Gasteiger partial charge is 0.325 e. The molecule has 1 aromatic carbocycles. The molecule has 16 heavy (non-hydrogen) atoms. The summed E-state index contributed by atoms with van der Waals surface area (Å²) in [5.41, 5.74) is 5.78. The molecule has 0 aromatic heterocycles. The van der Waals surface area contributed by atoms with Crippen LogP contribution in [-0.2, 0) is 9.84 Å². The maximum Gasteiger partial charge on any atom is 0.178 e. The van der Waals surface area contributed by atoms with Crippen molar-refractivity contribution in [1.29, 1.82) is 0 Å². The van der Waals surface area contributed by atoms with Crippen LogP contribution in [0, 0.1) is 5.92 Å². The summed E-state index contributed by atoms with van der Waals surface area (Å²) < 4.78 is 24.1. The van der Waals surface area contributed by atoms with E-state index in [0.29, 0.717) is 4.90 Å². The van der Waals surface area contributed by atoms with Crippen LogP contribution in [0.3, 0.4) is 0 Å². The first-order valence-corrected chi connectivity index (χ1v) is 7.16. The molecule has 1 atom stereocenters. The van der Waals surface area contributed by atoms with Crippen LogP contribution in [0.15, 0.2) is 35.2 Å². The molecule has 0 bridgehead atoms. The lowest BCUT2D eigenvalue weighted by atomic mass is 10.0. The van der Waals surface area contributed by atoms with E-state index in [-0.39, 0.29) is 17.2 Å². The Bertz CT molecular complexity index is 463. The van der Waals surface area contributed by atoms with Gasteiger partial charge in [0.05, 0.1) is 10.6 Å². The Balaban J connectivity index is 2.15. The highest BCUT2D eigenvalue weighted by atomic mass is 32.2. The average Bonchev–Trinajstić information content (AvgIpc) is 2.99. The molecule has 2 N–H and O–H groups in total. The van der Waals surface area contributed by atoms with E-state index in [9.17, 15) is 8.42 Å². The SMILES string of the molecule is CC(CS(=O)(=O)c1ccccc1)C1(N)CC1. The molecule has 1 aliphatic carbocycles. The molecule has 0 heterocycles. The van der Waals surface area contributed by atoms with Crippen molar-refractivity contribution in [2.24, 2.45) is 11.7 Å². The lowest BCUT2D eigenvalue weighted by molar-refractivity contribution is 0.471. The van der Waals surface area contributed by atoms with Crippen LogP contribution >= 0.6 is 0 Å². The molecular weight excluding hydrogens is 222 g/mol. The molecule has 1 fully saturated rings. The van der Waals surface area contributed by atoms with Crippen LogP contribution in [0.1, 0.15) is 19.8 Å². The van der Waals surface area contributed by atoms with Crippen LogP contribution < -0.4 is 5.73 Å². The second kappa shape index (κ2) is 3.86. The van der Waals surface area contributed by atoms with Gasteiger partial charge in [-0.2, -0.15) is 0 Å². The highest BCUT2D eigenvalue weighted by Crippen LogP contribution is 2.40. The minimum atomic E-state index is -3.18. The second-order valence-corrected chi connectivity index (χ2v) is 6.76. The summed E-state index contributed by atoms with van der Waals surface area (Å²) in [5, 5.41) is 0. The summed E-state index contributed by atoms with van der Waals surface area (Å²) in [7, 11) is -3.18. The van der Waals surface area contributed by atoms with Gasteiger partial charge >= 0.3 is 0 Å². The van der Waals surface area contributed by atoms with E-state index in [1.54, 1.807) is 24.3 Å². The quantitative estimate of drug-likeness (QED) is 0.868. The van der Waals surface area contributed by atoms with Crippen LogP contribution in [0.4, 0.5) is 0 Å². The number of rotatable bonds is 4. The lowest BCUT2D eigenvalue weighted by Gasteiger charge is -2.18. The van der Waals surface area contributed by atoms with Gasteiger partial charge in [-0.3, -0.25) is 0 Å². The molecule has 3 nitrogen and oxygen atoms in total. The van der Waals surface area contributed by atoms with E-state index < -0.39 is 9.84 Å². The van der Waals surface area contributed by atoms with Gasteiger partial charge in [-0.25, -0.2) is 8.42 Å². The van der Waals surface area contributed by atoms with Crippen LogP contribution in [-0.4, -0.2) is 19.7 Å². The zero-order valence-electron chi connectivity index (χ0n) is 9.39. The Morgan fingerprint density at radius 3 is 2.38 bits per heavy atom. The monoisotopic (exact) mass is 239 g/mol.